The van der Waals surface area contributed by atoms with Crippen LogP contribution in [-0.4, -0.2) is 24.2 Å². The Kier molecular flexibility index (Phi) is 4.75. The van der Waals surface area contributed by atoms with Crippen LogP contribution < -0.4 is 10.5 Å². The van der Waals surface area contributed by atoms with E-state index in [2.05, 4.69) is 12.1 Å². The molecule has 1 heterocycles. The number of methoxy groups -OCH3 is 1. The fourth-order valence-corrected chi connectivity index (χ4v) is 3.71. The molecule has 0 aromatic heterocycles. The van der Waals surface area contributed by atoms with Gasteiger partial charge >= 0.3 is 0 Å². The van der Waals surface area contributed by atoms with Crippen molar-refractivity contribution in [1.82, 2.24) is 0 Å². The molecule has 2 unspecified atom stereocenters. The molecule has 2 nitrogen and oxygen atoms in total. The van der Waals surface area contributed by atoms with Gasteiger partial charge in [-0.1, -0.05) is 24.6 Å². The second-order valence-electron chi connectivity index (χ2n) is 4.58. The number of benzene rings is 1. The van der Waals surface area contributed by atoms with E-state index >= 15 is 0 Å². The molecule has 0 bridgehead atoms. The highest BCUT2D eigenvalue weighted by Gasteiger charge is 2.22. The Bertz CT molecular complexity index is 350. The van der Waals surface area contributed by atoms with Crippen LogP contribution in [0.4, 0.5) is 0 Å². The van der Waals surface area contributed by atoms with Gasteiger partial charge in [0.15, 0.2) is 0 Å². The molecular formula is C14H21NOS. The molecule has 3 heteroatoms. The van der Waals surface area contributed by atoms with E-state index in [1.165, 1.54) is 30.6 Å². The number of nitrogens with two attached hydrogens (primary N) is 1. The molecule has 1 aliphatic rings. The number of hydrogen-bond acceptors (Lipinski definition) is 3. The minimum absolute atomic E-state index is 0.247. The van der Waals surface area contributed by atoms with Crippen LogP contribution in [0.15, 0.2) is 24.3 Å². The fourth-order valence-electron chi connectivity index (χ4n) is 2.36. The molecule has 2 rings (SSSR count). The van der Waals surface area contributed by atoms with Crippen molar-refractivity contribution in [3.8, 4) is 5.75 Å². The Morgan fingerprint density at radius 3 is 2.94 bits per heavy atom. The monoisotopic (exact) mass is 251 g/mol. The molecule has 1 saturated heterocycles. The highest BCUT2D eigenvalue weighted by molar-refractivity contribution is 8.00. The molecule has 0 spiro atoms. The molecule has 0 amide bonds. The van der Waals surface area contributed by atoms with Gasteiger partial charge in [0.05, 0.1) is 7.11 Å². The van der Waals surface area contributed by atoms with Crippen molar-refractivity contribution in [2.45, 2.75) is 37.0 Å². The highest BCUT2D eigenvalue weighted by atomic mass is 32.2. The van der Waals surface area contributed by atoms with Gasteiger partial charge in [0.25, 0.3) is 0 Å². The van der Waals surface area contributed by atoms with Crippen LogP contribution in [0.2, 0.25) is 0 Å². The zero-order chi connectivity index (χ0) is 12.1. The second-order valence-corrected chi connectivity index (χ2v) is 5.93. The van der Waals surface area contributed by atoms with E-state index in [1.807, 2.05) is 23.9 Å². The van der Waals surface area contributed by atoms with Crippen molar-refractivity contribution in [3.63, 3.8) is 0 Å². The largest absolute Gasteiger partial charge is 0.496 e. The normalized spacial score (nSPS) is 22.1. The van der Waals surface area contributed by atoms with Gasteiger partial charge in [-0.25, -0.2) is 0 Å². The summed E-state index contributed by atoms with van der Waals surface area (Å²) in [4.78, 5) is 0. The predicted octanol–water partition coefficient (Wildman–Crippen LogP) is 2.85. The van der Waals surface area contributed by atoms with Crippen molar-refractivity contribution in [2.24, 2.45) is 5.73 Å². The quantitative estimate of drug-likeness (QED) is 0.893. The Morgan fingerprint density at radius 1 is 1.41 bits per heavy atom. The molecule has 1 aromatic rings. The van der Waals surface area contributed by atoms with Gasteiger partial charge in [-0.05, 0) is 36.6 Å². The van der Waals surface area contributed by atoms with Gasteiger partial charge in [0.2, 0.25) is 0 Å². The molecule has 0 aliphatic carbocycles. The van der Waals surface area contributed by atoms with E-state index in [4.69, 9.17) is 10.5 Å². The van der Waals surface area contributed by atoms with Crippen molar-refractivity contribution >= 4 is 11.8 Å². The number of ether oxygens (including phenoxy) is 1. The fraction of sp³-hybridized carbons (Fsp3) is 0.571. The summed E-state index contributed by atoms with van der Waals surface area (Å²) < 4.78 is 5.37. The number of hydrogen-bond donors (Lipinski definition) is 1. The summed E-state index contributed by atoms with van der Waals surface area (Å²) in [6.07, 6.45) is 4.86. The molecule has 0 saturated carbocycles. The Balaban J connectivity index is 1.99. The lowest BCUT2D eigenvalue weighted by atomic mass is 10.00. The highest BCUT2D eigenvalue weighted by Crippen LogP contribution is 2.29. The Morgan fingerprint density at radius 2 is 2.24 bits per heavy atom. The first-order chi connectivity index (χ1) is 8.31. The van der Waals surface area contributed by atoms with E-state index in [9.17, 15) is 0 Å². The second kappa shape index (κ2) is 6.31. The molecule has 17 heavy (non-hydrogen) atoms. The molecule has 0 radical (unpaired) electrons. The zero-order valence-corrected chi connectivity index (χ0v) is 11.2. The smallest absolute Gasteiger partial charge is 0.122 e. The summed E-state index contributed by atoms with van der Waals surface area (Å²) in [6.45, 7) is 0. The summed E-state index contributed by atoms with van der Waals surface area (Å²) in [5.41, 5.74) is 7.56. The third-order valence-corrected chi connectivity index (χ3v) is 4.88. The van der Waals surface area contributed by atoms with E-state index in [0.717, 1.165) is 12.2 Å². The first-order valence-corrected chi connectivity index (χ1v) is 7.35. The topological polar surface area (TPSA) is 35.2 Å². The standard InChI is InChI=1S/C14H21NOS/c1-16-13-7-3-2-6-11(13)10-12(15)14-8-4-5-9-17-14/h2-3,6-7,12,14H,4-5,8-10,15H2,1H3. The van der Waals surface area contributed by atoms with E-state index in [0.29, 0.717) is 5.25 Å². The van der Waals surface area contributed by atoms with Crippen molar-refractivity contribution in [3.05, 3.63) is 29.8 Å². The maximum absolute atomic E-state index is 6.33. The Labute approximate surface area is 108 Å². The van der Waals surface area contributed by atoms with Crippen LogP contribution in [0.25, 0.3) is 0 Å². The van der Waals surface area contributed by atoms with Crippen LogP contribution in [0.1, 0.15) is 24.8 Å². The third kappa shape index (κ3) is 3.39. The molecule has 1 aliphatic heterocycles. The summed E-state index contributed by atoms with van der Waals surface area (Å²) in [5.74, 6) is 2.23. The van der Waals surface area contributed by atoms with E-state index in [1.54, 1.807) is 7.11 Å². The van der Waals surface area contributed by atoms with E-state index in [-0.39, 0.29) is 6.04 Å². The SMILES string of the molecule is COc1ccccc1CC(N)C1CCCCS1. The van der Waals surface area contributed by atoms with Gasteiger partial charge in [-0.3, -0.25) is 0 Å². The number of rotatable bonds is 4. The average molecular weight is 251 g/mol. The average Bonchev–Trinajstić information content (AvgIpc) is 2.40. The summed E-state index contributed by atoms with van der Waals surface area (Å²) in [7, 11) is 1.72. The van der Waals surface area contributed by atoms with Crippen LogP contribution in [-0.2, 0) is 6.42 Å². The van der Waals surface area contributed by atoms with Crippen LogP contribution >= 0.6 is 11.8 Å². The number of thioether (sulfide) groups is 1. The van der Waals surface area contributed by atoms with Crippen molar-refractivity contribution in [2.75, 3.05) is 12.9 Å². The minimum Gasteiger partial charge on any atom is -0.496 e. The predicted molar refractivity (Wildman–Crippen MR) is 74.8 cm³/mol. The lowest BCUT2D eigenvalue weighted by Crippen LogP contribution is -2.36. The summed E-state index contributed by atoms with van der Waals surface area (Å²) >= 11 is 2.04. The van der Waals surface area contributed by atoms with Crippen LogP contribution in [0.5, 0.6) is 5.75 Å². The van der Waals surface area contributed by atoms with Gasteiger partial charge < -0.3 is 10.5 Å². The molecule has 1 aromatic carbocycles. The van der Waals surface area contributed by atoms with Crippen LogP contribution in [0, 0.1) is 0 Å². The molecule has 2 N–H and O–H groups in total. The molecule has 2 atom stereocenters. The maximum atomic E-state index is 6.33. The van der Waals surface area contributed by atoms with Gasteiger partial charge in [0, 0.05) is 11.3 Å². The number of para-hydroxylation sites is 1. The lowest BCUT2D eigenvalue weighted by Gasteiger charge is -2.27. The van der Waals surface area contributed by atoms with Gasteiger partial charge in [-0.2, -0.15) is 11.8 Å². The van der Waals surface area contributed by atoms with Gasteiger partial charge in [-0.15, -0.1) is 0 Å². The Hall–Kier alpha value is -0.670. The first-order valence-electron chi connectivity index (χ1n) is 6.30. The van der Waals surface area contributed by atoms with E-state index < -0.39 is 0 Å². The summed E-state index contributed by atoms with van der Waals surface area (Å²) in [5, 5.41) is 0.619. The lowest BCUT2D eigenvalue weighted by molar-refractivity contribution is 0.407. The molecule has 94 valence electrons. The zero-order valence-electron chi connectivity index (χ0n) is 10.4. The van der Waals surface area contributed by atoms with Gasteiger partial charge in [0.1, 0.15) is 5.75 Å². The molecular weight excluding hydrogens is 230 g/mol. The minimum atomic E-state index is 0.247. The van der Waals surface area contributed by atoms with Crippen molar-refractivity contribution < 1.29 is 4.74 Å². The molecule has 1 fully saturated rings. The van der Waals surface area contributed by atoms with Crippen molar-refractivity contribution in [1.29, 1.82) is 0 Å². The first kappa shape index (κ1) is 12.8. The summed E-state index contributed by atoms with van der Waals surface area (Å²) in [6, 6.07) is 8.43. The van der Waals surface area contributed by atoms with Crippen LogP contribution in [0.3, 0.4) is 0 Å². The maximum Gasteiger partial charge on any atom is 0.122 e. The third-order valence-electron chi connectivity index (χ3n) is 3.34.